The van der Waals surface area contributed by atoms with Crippen LogP contribution in [0.5, 0.6) is 0 Å². The van der Waals surface area contributed by atoms with Crippen LogP contribution in [0.15, 0.2) is 0 Å². The summed E-state index contributed by atoms with van der Waals surface area (Å²) in [5.41, 5.74) is 5.13. The molecule has 0 heterocycles. The highest BCUT2D eigenvalue weighted by Gasteiger charge is 2.07. The van der Waals surface area contributed by atoms with E-state index < -0.39 is 6.09 Å². The van der Waals surface area contributed by atoms with Gasteiger partial charge in [-0.2, -0.15) is 0 Å². The van der Waals surface area contributed by atoms with Crippen molar-refractivity contribution in [3.05, 3.63) is 0 Å². The summed E-state index contributed by atoms with van der Waals surface area (Å²) >= 11 is 0. The van der Waals surface area contributed by atoms with Gasteiger partial charge in [0.25, 0.3) is 0 Å². The molecule has 0 aromatic carbocycles. The molecule has 0 spiro atoms. The highest BCUT2D eigenvalue weighted by molar-refractivity contribution is 5.78. The molecule has 0 aliphatic heterocycles. The van der Waals surface area contributed by atoms with E-state index in [1.54, 1.807) is 13.8 Å². The zero-order valence-electron chi connectivity index (χ0n) is 7.39. The van der Waals surface area contributed by atoms with Crippen molar-refractivity contribution in [2.75, 3.05) is 6.61 Å². The molecule has 4 N–H and O–H groups in total. The lowest BCUT2D eigenvalue weighted by atomic mass is 10.2. The van der Waals surface area contributed by atoms with Gasteiger partial charge in [0.1, 0.15) is 0 Å². The topological polar surface area (TPSA) is 88.2 Å². The van der Waals surface area contributed by atoms with Gasteiger partial charge in [-0.25, -0.2) is 4.79 Å². The second-order valence-corrected chi connectivity index (χ2v) is 2.50. The lowest BCUT2D eigenvalue weighted by Crippen LogP contribution is -2.35. The zero-order chi connectivity index (χ0) is 9.56. The fourth-order valence-corrected chi connectivity index (χ4v) is 0.755. The summed E-state index contributed by atoms with van der Waals surface area (Å²) in [5, 5.41) is 9.49. The monoisotopic (exact) mass is 173 g/mol. The molecule has 1 atom stereocenters. The predicted molar refractivity (Wildman–Crippen MR) is 46.2 cm³/mol. The van der Waals surface area contributed by atoms with Crippen LogP contribution in [0, 0.1) is 5.41 Å². The van der Waals surface area contributed by atoms with E-state index in [2.05, 4.69) is 10.1 Å². The Morgan fingerprint density at radius 1 is 1.75 bits per heavy atom. The largest absolute Gasteiger partial charge is 0.450 e. The van der Waals surface area contributed by atoms with Crippen LogP contribution in [0.4, 0.5) is 4.79 Å². The summed E-state index contributed by atoms with van der Waals surface area (Å²) in [6.45, 7) is 3.84. The number of amidine groups is 1. The highest BCUT2D eigenvalue weighted by Crippen LogP contribution is 1.90. The fraction of sp³-hybridized carbons (Fsp3) is 0.714. The van der Waals surface area contributed by atoms with Crippen LogP contribution in [-0.2, 0) is 4.74 Å². The Kier molecular flexibility index (Phi) is 4.83. The van der Waals surface area contributed by atoms with Crippen molar-refractivity contribution in [2.24, 2.45) is 5.73 Å². The quantitative estimate of drug-likeness (QED) is 0.426. The number of carbonyl (C=O) groups is 1. The minimum absolute atomic E-state index is 0.0549. The predicted octanol–water partition coefficient (Wildman–Crippen LogP) is 0.447. The van der Waals surface area contributed by atoms with Gasteiger partial charge in [0.05, 0.1) is 12.4 Å². The average molecular weight is 173 g/mol. The minimum atomic E-state index is -0.466. The summed E-state index contributed by atoms with van der Waals surface area (Å²) in [4.78, 5) is 10.8. The molecule has 0 rings (SSSR count). The molecule has 0 aliphatic rings. The molecule has 0 saturated carbocycles. The molecule has 0 bridgehead atoms. The maximum absolute atomic E-state index is 10.8. The van der Waals surface area contributed by atoms with Crippen molar-refractivity contribution in [1.82, 2.24) is 5.32 Å². The highest BCUT2D eigenvalue weighted by atomic mass is 16.5. The lowest BCUT2D eigenvalue weighted by Gasteiger charge is -2.11. The van der Waals surface area contributed by atoms with Gasteiger partial charge in [-0.3, -0.25) is 5.41 Å². The first kappa shape index (κ1) is 10.7. The van der Waals surface area contributed by atoms with Gasteiger partial charge in [-0.15, -0.1) is 0 Å². The van der Waals surface area contributed by atoms with E-state index in [1.165, 1.54) is 0 Å². The molecule has 70 valence electrons. The van der Waals surface area contributed by atoms with Crippen molar-refractivity contribution in [3.63, 3.8) is 0 Å². The number of amides is 1. The zero-order valence-corrected chi connectivity index (χ0v) is 7.39. The summed E-state index contributed by atoms with van der Waals surface area (Å²) in [6.07, 6.45) is -0.120. The number of ether oxygens (including phenoxy) is 1. The van der Waals surface area contributed by atoms with Gasteiger partial charge in [-0.05, 0) is 13.8 Å². The van der Waals surface area contributed by atoms with Crippen LogP contribution in [-0.4, -0.2) is 24.6 Å². The van der Waals surface area contributed by atoms with E-state index >= 15 is 0 Å². The van der Waals surface area contributed by atoms with Crippen LogP contribution in [0.25, 0.3) is 0 Å². The first-order valence-electron chi connectivity index (χ1n) is 3.82. The van der Waals surface area contributed by atoms with Crippen LogP contribution < -0.4 is 11.1 Å². The van der Waals surface area contributed by atoms with Crippen LogP contribution in [0.2, 0.25) is 0 Å². The van der Waals surface area contributed by atoms with Gasteiger partial charge in [0.2, 0.25) is 0 Å². The second kappa shape index (κ2) is 5.40. The van der Waals surface area contributed by atoms with E-state index in [0.29, 0.717) is 13.0 Å². The van der Waals surface area contributed by atoms with Gasteiger partial charge < -0.3 is 15.8 Å². The summed E-state index contributed by atoms with van der Waals surface area (Å²) < 4.78 is 4.63. The Labute approximate surface area is 71.8 Å². The first-order valence-corrected chi connectivity index (χ1v) is 3.82. The summed E-state index contributed by atoms with van der Waals surface area (Å²) in [5.74, 6) is 0.0549. The maximum atomic E-state index is 10.8. The van der Waals surface area contributed by atoms with Crippen LogP contribution in [0.3, 0.4) is 0 Å². The molecular formula is C7H15N3O2. The molecule has 0 radical (unpaired) electrons. The molecule has 1 unspecified atom stereocenters. The smallest absolute Gasteiger partial charge is 0.407 e. The number of hydrogen-bond acceptors (Lipinski definition) is 3. The summed E-state index contributed by atoms with van der Waals surface area (Å²) in [6, 6.07) is -0.151. The number of rotatable bonds is 4. The Morgan fingerprint density at radius 2 is 2.33 bits per heavy atom. The number of hydrogen-bond donors (Lipinski definition) is 3. The van der Waals surface area contributed by atoms with Gasteiger partial charge in [0.15, 0.2) is 0 Å². The van der Waals surface area contributed by atoms with E-state index in [4.69, 9.17) is 11.1 Å². The molecule has 1 amide bonds. The number of nitrogens with one attached hydrogen (secondary N) is 2. The molecule has 0 aromatic heterocycles. The van der Waals surface area contributed by atoms with Gasteiger partial charge in [-0.1, -0.05) is 0 Å². The van der Waals surface area contributed by atoms with Crippen molar-refractivity contribution in [1.29, 1.82) is 5.41 Å². The van der Waals surface area contributed by atoms with Crippen molar-refractivity contribution >= 4 is 11.9 Å². The van der Waals surface area contributed by atoms with Crippen molar-refractivity contribution in [2.45, 2.75) is 26.3 Å². The maximum Gasteiger partial charge on any atom is 0.407 e. The Hall–Kier alpha value is -1.26. The van der Waals surface area contributed by atoms with E-state index in [-0.39, 0.29) is 11.9 Å². The first-order chi connectivity index (χ1) is 5.56. The minimum Gasteiger partial charge on any atom is -0.450 e. The Bertz CT molecular complexity index is 170. The SMILES string of the molecule is CCOC(=O)NC(C)CC(=N)N. The number of carbonyl (C=O) groups excluding carboxylic acids is 1. The second-order valence-electron chi connectivity index (χ2n) is 2.50. The molecule has 0 fully saturated rings. The fourth-order valence-electron chi connectivity index (χ4n) is 0.755. The molecule has 12 heavy (non-hydrogen) atoms. The number of nitrogens with two attached hydrogens (primary N) is 1. The molecule has 0 aromatic rings. The Morgan fingerprint density at radius 3 is 2.75 bits per heavy atom. The molecule has 0 aliphatic carbocycles. The third-order valence-electron chi connectivity index (χ3n) is 1.17. The summed E-state index contributed by atoms with van der Waals surface area (Å²) in [7, 11) is 0. The normalized spacial score (nSPS) is 11.8. The standard InChI is InChI=1S/C7H15N3O2/c1-3-12-7(11)10-5(2)4-6(8)9/h5H,3-4H2,1-2H3,(H3,8,9)(H,10,11). The Balaban J connectivity index is 3.61. The van der Waals surface area contributed by atoms with Crippen LogP contribution in [0.1, 0.15) is 20.3 Å². The van der Waals surface area contributed by atoms with Crippen LogP contribution >= 0.6 is 0 Å². The van der Waals surface area contributed by atoms with E-state index in [9.17, 15) is 4.79 Å². The van der Waals surface area contributed by atoms with Gasteiger partial charge in [0, 0.05) is 12.5 Å². The average Bonchev–Trinajstić information content (AvgIpc) is 1.84. The third kappa shape index (κ3) is 5.52. The molecule has 0 saturated heterocycles. The van der Waals surface area contributed by atoms with Crippen molar-refractivity contribution < 1.29 is 9.53 Å². The van der Waals surface area contributed by atoms with Gasteiger partial charge >= 0.3 is 6.09 Å². The molecule has 5 heteroatoms. The van der Waals surface area contributed by atoms with E-state index in [0.717, 1.165) is 0 Å². The lowest BCUT2D eigenvalue weighted by molar-refractivity contribution is 0.149. The molecule has 5 nitrogen and oxygen atoms in total. The molecular weight excluding hydrogens is 158 g/mol. The third-order valence-corrected chi connectivity index (χ3v) is 1.17. The van der Waals surface area contributed by atoms with Crippen molar-refractivity contribution in [3.8, 4) is 0 Å². The van der Waals surface area contributed by atoms with E-state index in [1.807, 2.05) is 0 Å². The number of alkyl carbamates (subject to hydrolysis) is 1.